The van der Waals surface area contributed by atoms with E-state index in [1.807, 2.05) is 0 Å². The minimum absolute atomic E-state index is 0. The first-order chi connectivity index (χ1) is 10.9. The average molecular weight is 365 g/mol. The summed E-state index contributed by atoms with van der Waals surface area (Å²) in [5.74, 6) is 13.1. The normalized spacial score (nSPS) is 17.0. The van der Waals surface area contributed by atoms with Crippen LogP contribution < -0.4 is 0 Å². The number of rotatable bonds is 2. The summed E-state index contributed by atoms with van der Waals surface area (Å²) in [6, 6.07) is 8.32. The number of hydrogen-bond acceptors (Lipinski definition) is 2. The Morgan fingerprint density at radius 3 is 1.29 bits per heavy atom. The van der Waals surface area contributed by atoms with Gasteiger partial charge < -0.3 is 0 Å². The van der Waals surface area contributed by atoms with Crippen molar-refractivity contribution >= 4 is 24.8 Å². The Kier molecular flexibility index (Phi) is 9.92. The van der Waals surface area contributed by atoms with E-state index in [9.17, 15) is 0 Å². The highest BCUT2D eigenvalue weighted by atomic mass is 35.5. The summed E-state index contributed by atoms with van der Waals surface area (Å²) in [5, 5.41) is 0. The van der Waals surface area contributed by atoms with E-state index in [0.29, 0.717) is 0 Å². The molecule has 24 heavy (non-hydrogen) atoms. The van der Waals surface area contributed by atoms with Gasteiger partial charge in [-0.25, -0.2) is 0 Å². The molecule has 2 nitrogen and oxygen atoms in total. The van der Waals surface area contributed by atoms with Gasteiger partial charge in [-0.1, -0.05) is 23.7 Å². The fourth-order valence-corrected chi connectivity index (χ4v) is 3.03. The van der Waals surface area contributed by atoms with E-state index in [4.69, 9.17) is 0 Å². The maximum Gasteiger partial charge on any atom is 0.0605 e. The van der Waals surface area contributed by atoms with Crippen molar-refractivity contribution in [1.29, 1.82) is 0 Å². The molecular formula is C20H26Cl2N2. The topological polar surface area (TPSA) is 6.48 Å². The van der Waals surface area contributed by atoms with Crippen LogP contribution in [0.2, 0.25) is 0 Å². The van der Waals surface area contributed by atoms with Crippen LogP contribution in [0.5, 0.6) is 0 Å². The third-order valence-electron chi connectivity index (χ3n) is 4.35. The number of hydrogen-bond donors (Lipinski definition) is 0. The largest absolute Gasteiger partial charge is 0.292 e. The van der Waals surface area contributed by atoms with Crippen LogP contribution in [0.1, 0.15) is 36.8 Å². The van der Waals surface area contributed by atoms with E-state index in [2.05, 4.69) is 57.7 Å². The quantitative estimate of drug-likeness (QED) is 0.741. The number of likely N-dealkylation sites (tertiary alicyclic amines) is 2. The van der Waals surface area contributed by atoms with Gasteiger partial charge in [0.05, 0.1) is 13.1 Å². The highest BCUT2D eigenvalue weighted by Crippen LogP contribution is 2.07. The van der Waals surface area contributed by atoms with Crippen LogP contribution in [-0.2, 0) is 0 Å². The van der Waals surface area contributed by atoms with Gasteiger partial charge in [0.2, 0.25) is 0 Å². The monoisotopic (exact) mass is 364 g/mol. The van der Waals surface area contributed by atoms with Gasteiger partial charge in [-0.3, -0.25) is 9.80 Å². The zero-order chi connectivity index (χ0) is 15.0. The van der Waals surface area contributed by atoms with Crippen LogP contribution in [-0.4, -0.2) is 49.1 Å². The Labute approximate surface area is 158 Å². The first-order valence-corrected chi connectivity index (χ1v) is 8.43. The predicted octanol–water partition coefficient (Wildman–Crippen LogP) is 3.42. The van der Waals surface area contributed by atoms with Crippen LogP contribution in [0, 0.1) is 23.7 Å². The molecule has 0 aliphatic carbocycles. The lowest BCUT2D eigenvalue weighted by Crippen LogP contribution is -2.19. The molecule has 1 aromatic carbocycles. The van der Waals surface area contributed by atoms with Crippen LogP contribution in [0.3, 0.4) is 0 Å². The summed E-state index contributed by atoms with van der Waals surface area (Å²) in [6.07, 6.45) is 5.30. The Balaban J connectivity index is 0.00000144. The summed E-state index contributed by atoms with van der Waals surface area (Å²) in [5.41, 5.74) is 2.17. The zero-order valence-electron chi connectivity index (χ0n) is 14.1. The number of nitrogens with zero attached hydrogens (tertiary/aromatic N) is 2. The third kappa shape index (κ3) is 6.76. The Morgan fingerprint density at radius 2 is 0.958 bits per heavy atom. The molecule has 2 saturated heterocycles. The smallest absolute Gasteiger partial charge is 0.0605 e. The fraction of sp³-hybridized carbons (Fsp3) is 0.500. The first-order valence-electron chi connectivity index (χ1n) is 8.43. The summed E-state index contributed by atoms with van der Waals surface area (Å²) in [6.45, 7) is 6.63. The molecule has 2 heterocycles. The Hall–Kier alpha value is -1.16. The van der Waals surface area contributed by atoms with Gasteiger partial charge in [-0.05, 0) is 76.1 Å². The lowest BCUT2D eigenvalue weighted by atomic mass is 10.1. The lowest BCUT2D eigenvalue weighted by molar-refractivity contribution is 0.383. The second-order valence-electron chi connectivity index (χ2n) is 6.15. The highest BCUT2D eigenvalue weighted by molar-refractivity contribution is 5.85. The van der Waals surface area contributed by atoms with E-state index in [-0.39, 0.29) is 24.8 Å². The van der Waals surface area contributed by atoms with Crippen molar-refractivity contribution in [1.82, 2.24) is 9.80 Å². The molecule has 1 aromatic rings. The molecule has 0 amide bonds. The molecule has 0 aromatic heterocycles. The maximum absolute atomic E-state index is 3.28. The SMILES string of the molecule is C(#Cc1ccc(C#CCN2CCCC2)cc1)CN1CCCC1.Cl.Cl. The molecular weight excluding hydrogens is 339 g/mol. The fourth-order valence-electron chi connectivity index (χ4n) is 3.03. The highest BCUT2D eigenvalue weighted by Gasteiger charge is 2.09. The molecule has 0 saturated carbocycles. The van der Waals surface area contributed by atoms with Crippen LogP contribution >= 0.6 is 24.8 Å². The molecule has 0 spiro atoms. The van der Waals surface area contributed by atoms with Gasteiger partial charge in [0.15, 0.2) is 0 Å². The lowest BCUT2D eigenvalue weighted by Gasteiger charge is -2.08. The number of benzene rings is 1. The third-order valence-corrected chi connectivity index (χ3v) is 4.35. The van der Waals surface area contributed by atoms with Crippen LogP contribution in [0.25, 0.3) is 0 Å². The standard InChI is InChI=1S/C20H24N2.2ClH/c1-2-14-21(13-1)17-5-7-19-9-11-20(12-10-19)8-6-18-22-15-3-4-16-22;;/h9-12H,1-4,13-18H2;2*1H. The molecule has 130 valence electrons. The van der Waals surface area contributed by atoms with E-state index in [1.165, 1.54) is 51.9 Å². The van der Waals surface area contributed by atoms with Crippen molar-refractivity contribution in [3.8, 4) is 23.7 Å². The predicted molar refractivity (Wildman–Crippen MR) is 106 cm³/mol. The minimum atomic E-state index is 0. The molecule has 0 atom stereocenters. The van der Waals surface area contributed by atoms with Crippen molar-refractivity contribution in [2.45, 2.75) is 25.7 Å². The number of halogens is 2. The van der Waals surface area contributed by atoms with Crippen molar-refractivity contribution < 1.29 is 0 Å². The van der Waals surface area contributed by atoms with E-state index in [1.54, 1.807) is 0 Å². The Morgan fingerprint density at radius 1 is 0.625 bits per heavy atom. The van der Waals surface area contributed by atoms with Gasteiger partial charge in [-0.2, -0.15) is 0 Å². The van der Waals surface area contributed by atoms with E-state index in [0.717, 1.165) is 24.2 Å². The van der Waals surface area contributed by atoms with Gasteiger partial charge in [-0.15, -0.1) is 24.8 Å². The minimum Gasteiger partial charge on any atom is -0.292 e. The van der Waals surface area contributed by atoms with Crippen molar-refractivity contribution in [3.05, 3.63) is 35.4 Å². The Bertz CT molecular complexity index is 538. The van der Waals surface area contributed by atoms with Gasteiger partial charge in [0.25, 0.3) is 0 Å². The van der Waals surface area contributed by atoms with Crippen LogP contribution in [0.4, 0.5) is 0 Å². The molecule has 2 aliphatic rings. The van der Waals surface area contributed by atoms with Gasteiger partial charge in [0.1, 0.15) is 0 Å². The molecule has 0 unspecified atom stereocenters. The van der Waals surface area contributed by atoms with E-state index >= 15 is 0 Å². The van der Waals surface area contributed by atoms with Crippen molar-refractivity contribution in [3.63, 3.8) is 0 Å². The molecule has 2 aliphatic heterocycles. The zero-order valence-corrected chi connectivity index (χ0v) is 15.7. The molecule has 0 N–H and O–H groups in total. The van der Waals surface area contributed by atoms with Crippen molar-refractivity contribution in [2.75, 3.05) is 39.3 Å². The second-order valence-corrected chi connectivity index (χ2v) is 6.15. The van der Waals surface area contributed by atoms with E-state index < -0.39 is 0 Å². The molecule has 0 radical (unpaired) electrons. The average Bonchev–Trinajstić information content (AvgIpc) is 3.22. The summed E-state index contributed by atoms with van der Waals surface area (Å²) < 4.78 is 0. The maximum atomic E-state index is 3.28. The summed E-state index contributed by atoms with van der Waals surface area (Å²) >= 11 is 0. The second kappa shape index (κ2) is 11.4. The van der Waals surface area contributed by atoms with Crippen molar-refractivity contribution in [2.24, 2.45) is 0 Å². The summed E-state index contributed by atoms with van der Waals surface area (Å²) in [4.78, 5) is 4.84. The molecule has 3 rings (SSSR count). The van der Waals surface area contributed by atoms with Gasteiger partial charge in [0, 0.05) is 11.1 Å². The van der Waals surface area contributed by atoms with Crippen LogP contribution in [0.15, 0.2) is 24.3 Å². The molecule has 0 bridgehead atoms. The van der Waals surface area contributed by atoms with Gasteiger partial charge >= 0.3 is 0 Å². The molecule has 2 fully saturated rings. The molecule has 4 heteroatoms. The summed E-state index contributed by atoms with van der Waals surface area (Å²) in [7, 11) is 0. The first kappa shape index (κ1) is 20.9.